The minimum Gasteiger partial charge on any atom is -0.488 e. The summed E-state index contributed by atoms with van der Waals surface area (Å²) in [5.74, 6) is 1.87. The van der Waals surface area contributed by atoms with Crippen LogP contribution in [0.4, 0.5) is 0 Å². The van der Waals surface area contributed by atoms with Crippen LogP contribution >= 0.6 is 12.4 Å². The van der Waals surface area contributed by atoms with Gasteiger partial charge < -0.3 is 14.6 Å². The summed E-state index contributed by atoms with van der Waals surface area (Å²) >= 11 is 0. The van der Waals surface area contributed by atoms with Gasteiger partial charge in [-0.05, 0) is 36.4 Å². The molecule has 7 heteroatoms. The number of ether oxygens (including phenoxy) is 1. The molecule has 1 fully saturated rings. The third-order valence-electron chi connectivity index (χ3n) is 3.49. The van der Waals surface area contributed by atoms with Crippen molar-refractivity contribution in [3.8, 4) is 28.6 Å². The number of benzene rings is 1. The molecule has 118 valence electrons. The molecule has 3 aromatic rings. The average molecular weight is 331 g/mol. The monoisotopic (exact) mass is 330 g/mol. The first kappa shape index (κ1) is 15.5. The number of halogens is 1. The van der Waals surface area contributed by atoms with Gasteiger partial charge in [0.1, 0.15) is 11.9 Å². The molecule has 1 aliphatic heterocycles. The van der Waals surface area contributed by atoms with E-state index in [-0.39, 0.29) is 18.5 Å². The van der Waals surface area contributed by atoms with E-state index in [1.807, 2.05) is 36.4 Å². The third kappa shape index (κ3) is 3.33. The zero-order valence-electron chi connectivity index (χ0n) is 12.2. The normalized spacial score (nSPS) is 13.9. The largest absolute Gasteiger partial charge is 0.488 e. The summed E-state index contributed by atoms with van der Waals surface area (Å²) in [6.45, 7) is 1.81. The SMILES string of the molecule is Cl.c1cncc(-c2nc(-c3ccc(OC4CNC4)cc3)no2)c1. The molecule has 0 amide bonds. The summed E-state index contributed by atoms with van der Waals surface area (Å²) in [6.07, 6.45) is 3.67. The van der Waals surface area contributed by atoms with Gasteiger partial charge in [-0.3, -0.25) is 4.98 Å². The number of hydrogen-bond acceptors (Lipinski definition) is 6. The highest BCUT2D eigenvalue weighted by Crippen LogP contribution is 2.24. The quantitative estimate of drug-likeness (QED) is 0.792. The van der Waals surface area contributed by atoms with Crippen molar-refractivity contribution in [2.45, 2.75) is 6.10 Å². The Kier molecular flexibility index (Phi) is 4.55. The van der Waals surface area contributed by atoms with Crippen LogP contribution in [0.2, 0.25) is 0 Å². The Morgan fingerprint density at radius 1 is 1.09 bits per heavy atom. The van der Waals surface area contributed by atoms with E-state index in [9.17, 15) is 0 Å². The summed E-state index contributed by atoms with van der Waals surface area (Å²) in [5.41, 5.74) is 1.69. The lowest BCUT2D eigenvalue weighted by Crippen LogP contribution is -2.50. The van der Waals surface area contributed by atoms with E-state index in [1.165, 1.54) is 0 Å². The molecule has 1 aliphatic rings. The highest BCUT2D eigenvalue weighted by Gasteiger charge is 2.18. The van der Waals surface area contributed by atoms with E-state index in [4.69, 9.17) is 9.26 Å². The van der Waals surface area contributed by atoms with Gasteiger partial charge >= 0.3 is 0 Å². The zero-order chi connectivity index (χ0) is 14.8. The minimum absolute atomic E-state index is 0. The molecule has 3 heterocycles. The van der Waals surface area contributed by atoms with E-state index in [0.29, 0.717) is 11.7 Å². The van der Waals surface area contributed by atoms with Gasteiger partial charge in [0.2, 0.25) is 5.82 Å². The molecule has 0 saturated carbocycles. The molecule has 0 spiro atoms. The van der Waals surface area contributed by atoms with E-state index in [2.05, 4.69) is 20.4 Å². The van der Waals surface area contributed by atoms with Crippen LogP contribution < -0.4 is 10.1 Å². The molecule has 1 aromatic carbocycles. The van der Waals surface area contributed by atoms with Gasteiger partial charge in [0.25, 0.3) is 5.89 Å². The van der Waals surface area contributed by atoms with Crippen LogP contribution in [0.25, 0.3) is 22.8 Å². The number of nitrogens with zero attached hydrogens (tertiary/aromatic N) is 3. The van der Waals surface area contributed by atoms with Crippen molar-refractivity contribution in [2.24, 2.45) is 0 Å². The van der Waals surface area contributed by atoms with Crippen LogP contribution in [-0.4, -0.2) is 34.3 Å². The molecule has 4 rings (SSSR count). The Balaban J connectivity index is 0.00000156. The van der Waals surface area contributed by atoms with Crippen molar-refractivity contribution in [2.75, 3.05) is 13.1 Å². The maximum Gasteiger partial charge on any atom is 0.259 e. The lowest BCUT2D eigenvalue weighted by Gasteiger charge is -2.27. The standard InChI is InChI=1S/C16H14N4O2.ClH/c1-2-12(8-17-7-1)16-19-15(20-22-16)11-3-5-13(6-4-11)21-14-9-18-10-14;/h1-8,14,18H,9-10H2;1H. The summed E-state index contributed by atoms with van der Waals surface area (Å²) in [5, 5.41) is 7.19. The summed E-state index contributed by atoms with van der Waals surface area (Å²) in [4.78, 5) is 8.45. The summed E-state index contributed by atoms with van der Waals surface area (Å²) < 4.78 is 11.1. The molecule has 0 bridgehead atoms. The summed E-state index contributed by atoms with van der Waals surface area (Å²) in [6, 6.07) is 11.4. The predicted molar refractivity (Wildman–Crippen MR) is 87.5 cm³/mol. The second kappa shape index (κ2) is 6.76. The number of rotatable bonds is 4. The Hall–Kier alpha value is -2.44. The third-order valence-corrected chi connectivity index (χ3v) is 3.49. The summed E-state index contributed by atoms with van der Waals surface area (Å²) in [7, 11) is 0. The molecular weight excluding hydrogens is 316 g/mol. The van der Waals surface area contributed by atoms with Crippen LogP contribution in [0.3, 0.4) is 0 Å². The number of nitrogens with one attached hydrogen (secondary N) is 1. The average Bonchev–Trinajstić information content (AvgIpc) is 3.02. The van der Waals surface area contributed by atoms with Gasteiger partial charge in [0, 0.05) is 31.0 Å². The maximum absolute atomic E-state index is 5.78. The van der Waals surface area contributed by atoms with Gasteiger partial charge in [-0.15, -0.1) is 12.4 Å². The Morgan fingerprint density at radius 3 is 2.57 bits per heavy atom. The first-order valence-corrected chi connectivity index (χ1v) is 7.10. The fraction of sp³-hybridized carbons (Fsp3) is 0.188. The van der Waals surface area contributed by atoms with Crippen molar-refractivity contribution < 1.29 is 9.26 Å². The van der Waals surface area contributed by atoms with Crippen molar-refractivity contribution in [3.63, 3.8) is 0 Å². The van der Waals surface area contributed by atoms with Gasteiger partial charge in [-0.1, -0.05) is 5.16 Å². The first-order valence-electron chi connectivity index (χ1n) is 7.10. The number of aromatic nitrogens is 3. The molecule has 23 heavy (non-hydrogen) atoms. The highest BCUT2D eigenvalue weighted by molar-refractivity contribution is 5.85. The van der Waals surface area contributed by atoms with Crippen LogP contribution in [-0.2, 0) is 0 Å². The van der Waals surface area contributed by atoms with Crippen LogP contribution in [0.5, 0.6) is 5.75 Å². The number of hydrogen-bond donors (Lipinski definition) is 1. The molecule has 0 unspecified atom stereocenters. The predicted octanol–water partition coefficient (Wildman–Crippen LogP) is 2.57. The van der Waals surface area contributed by atoms with Crippen LogP contribution in [0.15, 0.2) is 53.3 Å². The lowest BCUT2D eigenvalue weighted by molar-refractivity contribution is 0.142. The van der Waals surface area contributed by atoms with Gasteiger partial charge in [-0.2, -0.15) is 4.98 Å². The molecule has 1 saturated heterocycles. The van der Waals surface area contributed by atoms with Crippen LogP contribution in [0, 0.1) is 0 Å². The Bertz CT molecular complexity index is 757. The fourth-order valence-corrected chi connectivity index (χ4v) is 2.17. The second-order valence-corrected chi connectivity index (χ2v) is 5.09. The van der Waals surface area contributed by atoms with Gasteiger partial charge in [0.15, 0.2) is 0 Å². The Labute approximate surface area is 139 Å². The fourth-order valence-electron chi connectivity index (χ4n) is 2.17. The minimum atomic E-state index is 0. The molecule has 0 aliphatic carbocycles. The van der Waals surface area contributed by atoms with Crippen molar-refractivity contribution in [1.29, 1.82) is 0 Å². The van der Waals surface area contributed by atoms with Crippen LogP contribution in [0.1, 0.15) is 0 Å². The lowest BCUT2D eigenvalue weighted by atomic mass is 10.2. The van der Waals surface area contributed by atoms with E-state index in [1.54, 1.807) is 12.4 Å². The first-order chi connectivity index (χ1) is 10.9. The van der Waals surface area contributed by atoms with E-state index < -0.39 is 0 Å². The van der Waals surface area contributed by atoms with Gasteiger partial charge in [0.05, 0.1) is 5.56 Å². The zero-order valence-corrected chi connectivity index (χ0v) is 13.0. The maximum atomic E-state index is 5.78. The second-order valence-electron chi connectivity index (χ2n) is 5.09. The van der Waals surface area contributed by atoms with E-state index in [0.717, 1.165) is 30.0 Å². The van der Waals surface area contributed by atoms with E-state index >= 15 is 0 Å². The molecule has 1 N–H and O–H groups in total. The molecule has 0 atom stereocenters. The Morgan fingerprint density at radius 2 is 1.91 bits per heavy atom. The highest BCUT2D eigenvalue weighted by atomic mass is 35.5. The van der Waals surface area contributed by atoms with Crippen molar-refractivity contribution in [1.82, 2.24) is 20.4 Å². The van der Waals surface area contributed by atoms with Crippen molar-refractivity contribution in [3.05, 3.63) is 48.8 Å². The molecule has 2 aromatic heterocycles. The smallest absolute Gasteiger partial charge is 0.259 e. The number of pyridine rings is 1. The molecule has 6 nitrogen and oxygen atoms in total. The van der Waals surface area contributed by atoms with Crippen molar-refractivity contribution >= 4 is 12.4 Å². The molecule has 0 radical (unpaired) electrons. The molecular formula is C16H15ClN4O2. The topological polar surface area (TPSA) is 73.1 Å². The van der Waals surface area contributed by atoms with Gasteiger partial charge in [-0.25, -0.2) is 0 Å².